The van der Waals surface area contributed by atoms with E-state index in [4.69, 9.17) is 15.2 Å². The van der Waals surface area contributed by atoms with Crippen molar-refractivity contribution in [3.05, 3.63) is 60.0 Å². The first-order valence-corrected chi connectivity index (χ1v) is 12.1. The molecule has 38 heavy (non-hydrogen) atoms. The zero-order chi connectivity index (χ0) is 27.3. The molecule has 202 valence electrons. The summed E-state index contributed by atoms with van der Waals surface area (Å²) in [7, 11) is 1.74. The van der Waals surface area contributed by atoms with Crippen molar-refractivity contribution in [3.63, 3.8) is 0 Å². The molecule has 9 nitrogen and oxygen atoms in total. The van der Waals surface area contributed by atoms with Crippen molar-refractivity contribution in [1.82, 2.24) is 20.1 Å². The summed E-state index contributed by atoms with van der Waals surface area (Å²) in [4.78, 5) is 28.8. The largest absolute Gasteiger partial charge is 0.493 e. The highest BCUT2D eigenvalue weighted by molar-refractivity contribution is 5.96. The molecule has 1 aliphatic rings. The predicted molar refractivity (Wildman–Crippen MR) is 132 cm³/mol. The molecular weight excluding hydrogens is 503 g/mol. The Morgan fingerprint density at radius 1 is 1.16 bits per heavy atom. The molecule has 0 atom stereocenters. The number of nitrogens with one attached hydrogen (secondary N) is 1. The van der Waals surface area contributed by atoms with Gasteiger partial charge in [0.25, 0.3) is 11.8 Å². The molecule has 1 aromatic carbocycles. The van der Waals surface area contributed by atoms with E-state index < -0.39 is 25.1 Å². The van der Waals surface area contributed by atoms with Crippen molar-refractivity contribution in [1.29, 1.82) is 0 Å². The van der Waals surface area contributed by atoms with Gasteiger partial charge in [-0.3, -0.25) is 14.3 Å². The van der Waals surface area contributed by atoms with E-state index in [1.807, 2.05) is 0 Å². The lowest BCUT2D eigenvalue weighted by atomic mass is 9.92. The van der Waals surface area contributed by atoms with Crippen molar-refractivity contribution in [3.8, 4) is 22.8 Å². The number of carbonyl (C=O) groups is 2. The van der Waals surface area contributed by atoms with Crippen LogP contribution in [0.5, 0.6) is 11.6 Å². The van der Waals surface area contributed by atoms with Crippen molar-refractivity contribution in [2.45, 2.75) is 50.4 Å². The molecule has 1 fully saturated rings. The number of amides is 2. The van der Waals surface area contributed by atoms with Gasteiger partial charge >= 0.3 is 6.18 Å². The van der Waals surface area contributed by atoms with Gasteiger partial charge in [0.05, 0.1) is 19.2 Å². The summed E-state index contributed by atoms with van der Waals surface area (Å²) in [6.07, 6.45) is 1.75. The van der Waals surface area contributed by atoms with Crippen LogP contribution < -0.4 is 20.5 Å². The maximum absolute atomic E-state index is 13.1. The second kappa shape index (κ2) is 11.5. The molecule has 4 rings (SSSR count). The normalized spacial score (nSPS) is 17.6. The van der Waals surface area contributed by atoms with Crippen LogP contribution in [-0.4, -0.2) is 51.5 Å². The molecule has 3 aromatic rings. The zero-order valence-electron chi connectivity index (χ0n) is 20.7. The number of primary amides is 1. The summed E-state index contributed by atoms with van der Waals surface area (Å²) in [6, 6.07) is 7.71. The molecule has 2 aromatic heterocycles. The first-order chi connectivity index (χ1) is 18.1. The molecule has 0 aliphatic heterocycles. The topological polar surface area (TPSA) is 121 Å². The fourth-order valence-electron chi connectivity index (χ4n) is 4.26. The van der Waals surface area contributed by atoms with Crippen LogP contribution >= 0.6 is 0 Å². The molecule has 12 heteroatoms. The minimum Gasteiger partial charge on any atom is -0.493 e. The first kappa shape index (κ1) is 27.0. The van der Waals surface area contributed by atoms with E-state index in [1.54, 1.807) is 48.4 Å². The Bertz CT molecular complexity index is 1290. The van der Waals surface area contributed by atoms with Gasteiger partial charge in [-0.2, -0.15) is 18.3 Å². The molecule has 0 saturated heterocycles. The minimum atomic E-state index is -4.35. The molecule has 1 saturated carbocycles. The molecule has 2 amide bonds. The second-order valence-electron chi connectivity index (χ2n) is 9.15. The number of aromatic nitrogens is 3. The van der Waals surface area contributed by atoms with Gasteiger partial charge in [0.1, 0.15) is 17.4 Å². The number of nitrogens with two attached hydrogens (primary N) is 1. The lowest BCUT2D eigenvalue weighted by molar-refractivity contribution is -0.139. The summed E-state index contributed by atoms with van der Waals surface area (Å²) in [5, 5.41) is 7.12. The van der Waals surface area contributed by atoms with Gasteiger partial charge in [0, 0.05) is 36.6 Å². The molecule has 0 radical (unpaired) electrons. The fraction of sp³-hybridized carbons (Fsp3) is 0.385. The van der Waals surface area contributed by atoms with E-state index >= 15 is 0 Å². The summed E-state index contributed by atoms with van der Waals surface area (Å²) in [5.41, 5.74) is 7.17. The van der Waals surface area contributed by atoms with Crippen LogP contribution in [0.4, 0.5) is 13.2 Å². The summed E-state index contributed by atoms with van der Waals surface area (Å²) >= 11 is 0. The second-order valence-corrected chi connectivity index (χ2v) is 9.15. The molecule has 3 N–H and O–H groups in total. The highest BCUT2D eigenvalue weighted by atomic mass is 19.4. The Hall–Kier alpha value is -4.09. The van der Waals surface area contributed by atoms with Crippen LogP contribution in [0.1, 0.15) is 52.8 Å². The smallest absolute Gasteiger partial charge is 0.392 e. The number of aryl methyl sites for hydroxylation is 1. The third-order valence-electron chi connectivity index (χ3n) is 6.19. The lowest BCUT2D eigenvalue weighted by Gasteiger charge is -2.29. The third kappa shape index (κ3) is 7.24. The van der Waals surface area contributed by atoms with Gasteiger partial charge in [-0.1, -0.05) is 0 Å². The van der Waals surface area contributed by atoms with Gasteiger partial charge in [-0.25, -0.2) is 4.98 Å². The number of hydrogen-bond acceptors (Lipinski definition) is 6. The Labute approximate surface area is 217 Å². The summed E-state index contributed by atoms with van der Waals surface area (Å²) in [5.74, 6) is -0.623. The monoisotopic (exact) mass is 531 g/mol. The maximum atomic E-state index is 13.1. The fourth-order valence-corrected chi connectivity index (χ4v) is 4.26. The van der Waals surface area contributed by atoms with E-state index in [-0.39, 0.29) is 40.8 Å². The van der Waals surface area contributed by atoms with Gasteiger partial charge in [-0.15, -0.1) is 0 Å². The summed E-state index contributed by atoms with van der Waals surface area (Å²) in [6.45, 7) is -0.557. The van der Waals surface area contributed by atoms with Crippen LogP contribution in [-0.2, 0) is 7.05 Å². The standard InChI is InChI=1S/C26H28F3N5O4/c1-34-15-18(14-32-34)16-11-17(13-21(12-16)37-10-8-26(27,28)29)24(36)33-19-4-6-20(7-5-19)38-25-22(23(30)35)3-2-9-31-25/h2-3,9,11-15,19-20H,4-8,10H2,1H3,(H2,30,35)(H,33,36)/t19-,20-. The Morgan fingerprint density at radius 3 is 2.58 bits per heavy atom. The highest BCUT2D eigenvalue weighted by Gasteiger charge is 2.28. The maximum Gasteiger partial charge on any atom is 0.392 e. The van der Waals surface area contributed by atoms with Crippen LogP contribution in [0.2, 0.25) is 0 Å². The van der Waals surface area contributed by atoms with Gasteiger partial charge in [-0.05, 0) is 61.6 Å². The van der Waals surface area contributed by atoms with Crippen molar-refractivity contribution >= 4 is 11.8 Å². The molecule has 0 spiro atoms. The number of hydrogen-bond donors (Lipinski definition) is 2. The third-order valence-corrected chi connectivity index (χ3v) is 6.19. The average molecular weight is 532 g/mol. The number of halogens is 3. The average Bonchev–Trinajstić information content (AvgIpc) is 3.31. The van der Waals surface area contributed by atoms with E-state index in [0.717, 1.165) is 0 Å². The van der Waals surface area contributed by atoms with Gasteiger partial charge in [0.2, 0.25) is 5.88 Å². The van der Waals surface area contributed by atoms with Crippen molar-refractivity contribution < 1.29 is 32.2 Å². The van der Waals surface area contributed by atoms with Crippen LogP contribution in [0.25, 0.3) is 11.1 Å². The first-order valence-electron chi connectivity index (χ1n) is 12.1. The Kier molecular flexibility index (Phi) is 8.18. The molecule has 2 heterocycles. The SMILES string of the molecule is Cn1cc(-c2cc(OCCC(F)(F)F)cc(C(=O)N[C@H]3CC[C@H](Oc4ncccc4C(N)=O)CC3)c2)cn1. The number of benzene rings is 1. The van der Waals surface area contributed by atoms with Crippen molar-refractivity contribution in [2.24, 2.45) is 12.8 Å². The highest BCUT2D eigenvalue weighted by Crippen LogP contribution is 2.29. The predicted octanol–water partition coefficient (Wildman–Crippen LogP) is 4.03. The number of carbonyl (C=O) groups excluding carboxylic acids is 2. The van der Waals surface area contributed by atoms with Crippen LogP contribution in [0, 0.1) is 0 Å². The zero-order valence-corrected chi connectivity index (χ0v) is 20.7. The molecule has 0 unspecified atom stereocenters. The lowest BCUT2D eigenvalue weighted by Crippen LogP contribution is -2.39. The van der Waals surface area contributed by atoms with Gasteiger partial charge in [0.15, 0.2) is 0 Å². The quantitative estimate of drug-likeness (QED) is 0.430. The van der Waals surface area contributed by atoms with E-state index in [1.165, 1.54) is 12.3 Å². The van der Waals surface area contributed by atoms with E-state index in [0.29, 0.717) is 36.8 Å². The number of ether oxygens (including phenoxy) is 2. The Balaban J connectivity index is 1.40. The number of nitrogens with zero attached hydrogens (tertiary/aromatic N) is 3. The molecule has 1 aliphatic carbocycles. The molecular formula is C26H28F3N5O4. The minimum absolute atomic E-state index is 0.127. The van der Waals surface area contributed by atoms with Gasteiger partial charge < -0.3 is 20.5 Å². The number of pyridine rings is 1. The number of rotatable bonds is 9. The van der Waals surface area contributed by atoms with Crippen molar-refractivity contribution in [2.75, 3.05) is 6.61 Å². The van der Waals surface area contributed by atoms with E-state index in [9.17, 15) is 22.8 Å². The van der Waals surface area contributed by atoms with E-state index in [2.05, 4.69) is 15.4 Å². The molecule has 0 bridgehead atoms. The van der Waals surface area contributed by atoms with Crippen LogP contribution in [0.15, 0.2) is 48.9 Å². The Morgan fingerprint density at radius 2 is 1.92 bits per heavy atom. The number of alkyl halides is 3. The van der Waals surface area contributed by atoms with Crippen LogP contribution in [0.3, 0.4) is 0 Å². The summed E-state index contributed by atoms with van der Waals surface area (Å²) < 4.78 is 50.6.